The van der Waals surface area contributed by atoms with E-state index in [0.717, 1.165) is 12.8 Å². The first kappa shape index (κ1) is 30.2. The molecule has 0 fully saturated rings. The van der Waals surface area contributed by atoms with E-state index in [4.69, 9.17) is 14.5 Å². The molecule has 1 aliphatic rings. The monoisotopic (exact) mass is 580 g/mol. The molecule has 0 aliphatic carbocycles. The lowest BCUT2D eigenvalue weighted by Gasteiger charge is -2.31. The average molecular weight is 581 g/mol. The van der Waals surface area contributed by atoms with Crippen LogP contribution in [0.5, 0.6) is 5.75 Å². The Bertz CT molecular complexity index is 1410. The molecular formula is C31H36N2O7S. The van der Waals surface area contributed by atoms with E-state index in [2.05, 4.69) is 12.2 Å². The van der Waals surface area contributed by atoms with Crippen LogP contribution in [0.4, 0.5) is 0 Å². The third-order valence-corrected chi connectivity index (χ3v) is 8.62. The Hall–Kier alpha value is -3.73. The zero-order chi connectivity index (χ0) is 29.3. The van der Waals surface area contributed by atoms with Crippen molar-refractivity contribution < 1.29 is 32.9 Å². The third kappa shape index (κ3) is 7.32. The molecule has 1 unspecified atom stereocenters. The van der Waals surface area contributed by atoms with Crippen molar-refractivity contribution in [3.63, 3.8) is 0 Å². The molecule has 1 amide bonds. The van der Waals surface area contributed by atoms with Crippen LogP contribution in [0.1, 0.15) is 43.4 Å². The lowest BCUT2D eigenvalue weighted by Crippen LogP contribution is -2.51. The summed E-state index contributed by atoms with van der Waals surface area (Å²) in [5, 5.41) is 21.9. The number of ether oxygens (including phenoxy) is 2. The van der Waals surface area contributed by atoms with Gasteiger partial charge in [-0.15, -0.1) is 0 Å². The molecule has 0 saturated heterocycles. The maximum atomic E-state index is 13.9. The number of carbonyl (C=O) groups excluding carboxylic acids is 1. The number of nitrogens with zero attached hydrogens (tertiary/aromatic N) is 1. The molecule has 1 aliphatic heterocycles. The Morgan fingerprint density at radius 1 is 1.05 bits per heavy atom. The van der Waals surface area contributed by atoms with Gasteiger partial charge < -0.3 is 25.0 Å². The van der Waals surface area contributed by atoms with Crippen LogP contribution >= 0.6 is 0 Å². The van der Waals surface area contributed by atoms with Crippen LogP contribution in [0, 0.1) is 0 Å². The maximum Gasteiger partial charge on any atom is 0.252 e. The van der Waals surface area contributed by atoms with Gasteiger partial charge in [0.15, 0.2) is 21.5 Å². The molecule has 0 bridgehead atoms. The van der Waals surface area contributed by atoms with Gasteiger partial charge in [0.2, 0.25) is 5.90 Å². The van der Waals surface area contributed by atoms with E-state index < -0.39 is 40.1 Å². The number of nitrogens with one attached hydrogen (secondary N) is 1. The van der Waals surface area contributed by atoms with E-state index in [1.165, 1.54) is 12.1 Å². The number of carbonyl (C=O) groups is 1. The van der Waals surface area contributed by atoms with Crippen molar-refractivity contribution in [1.82, 2.24) is 5.32 Å². The van der Waals surface area contributed by atoms with Gasteiger partial charge in [-0.2, -0.15) is 0 Å². The van der Waals surface area contributed by atoms with Crippen molar-refractivity contribution in [2.75, 3.05) is 25.5 Å². The number of aliphatic hydroxyl groups is 2. The van der Waals surface area contributed by atoms with E-state index in [9.17, 15) is 23.4 Å². The highest BCUT2D eigenvalue weighted by Gasteiger charge is 2.53. The fourth-order valence-corrected chi connectivity index (χ4v) is 5.93. The summed E-state index contributed by atoms with van der Waals surface area (Å²) in [4.78, 5) is 18.8. The first-order valence-corrected chi connectivity index (χ1v) is 15.3. The fraction of sp³-hybridized carbons (Fsp3) is 0.355. The van der Waals surface area contributed by atoms with Crippen LogP contribution in [-0.4, -0.2) is 67.6 Å². The molecule has 9 nitrogen and oxygen atoms in total. The Balaban J connectivity index is 1.73. The Morgan fingerprint density at radius 3 is 2.34 bits per heavy atom. The van der Waals surface area contributed by atoms with Gasteiger partial charge in [0.1, 0.15) is 5.75 Å². The highest BCUT2D eigenvalue weighted by Crippen LogP contribution is 2.43. The predicted octanol–water partition coefficient (Wildman–Crippen LogP) is 3.46. The van der Waals surface area contributed by atoms with Crippen LogP contribution < -0.4 is 10.1 Å². The number of amides is 1. The number of benzene rings is 3. The molecule has 0 spiro atoms. The van der Waals surface area contributed by atoms with Crippen LogP contribution in [-0.2, 0) is 19.4 Å². The summed E-state index contributed by atoms with van der Waals surface area (Å²) in [5.74, 6) is -0.109. The number of sulfone groups is 1. The Labute approximate surface area is 240 Å². The molecule has 3 aromatic carbocycles. The largest absolute Gasteiger partial charge is 0.494 e. The third-order valence-electron chi connectivity index (χ3n) is 6.89. The van der Waals surface area contributed by atoms with Gasteiger partial charge >= 0.3 is 0 Å². The summed E-state index contributed by atoms with van der Waals surface area (Å²) in [7, 11) is -3.77. The SMILES string of the molecule is CCCCOc1ccc(C2=N[C@](CCS(=O)(=O)c3ccccc3)(C(=O)NCC(O)CO)[C@H](c3ccccc3)O2)cc1. The highest BCUT2D eigenvalue weighted by molar-refractivity contribution is 7.91. The van der Waals surface area contributed by atoms with Crippen molar-refractivity contribution in [1.29, 1.82) is 0 Å². The standard InChI is InChI=1S/C31H36N2O7S/c1-2-3-19-39-26-16-14-24(15-17-26)29-33-31(30(36)32-21-25(35)22-34,28(40-29)23-10-6-4-7-11-23)18-20-41(37,38)27-12-8-5-9-13-27/h4-17,25,28,34-35H,2-3,18-22H2,1H3,(H,32,36)/t25?,28-,31-/m0/s1. The molecule has 4 rings (SSSR count). The van der Waals surface area contributed by atoms with Crippen molar-refractivity contribution in [3.05, 3.63) is 96.1 Å². The summed E-state index contributed by atoms with van der Waals surface area (Å²) >= 11 is 0. The zero-order valence-corrected chi connectivity index (χ0v) is 23.8. The van der Waals surface area contributed by atoms with E-state index in [1.807, 2.05) is 6.07 Å². The van der Waals surface area contributed by atoms with Crippen LogP contribution in [0.25, 0.3) is 0 Å². The summed E-state index contributed by atoms with van der Waals surface area (Å²) < 4.78 is 38.7. The normalized spacial score (nSPS) is 19.2. The topological polar surface area (TPSA) is 135 Å². The fourth-order valence-electron chi connectivity index (χ4n) is 4.54. The number of aliphatic imine (C=N–C) groups is 1. The summed E-state index contributed by atoms with van der Waals surface area (Å²) in [5.41, 5.74) is -0.435. The second-order valence-corrected chi connectivity index (χ2v) is 12.0. The van der Waals surface area contributed by atoms with Crippen LogP contribution in [0.2, 0.25) is 0 Å². The number of hydrogen-bond donors (Lipinski definition) is 3. The minimum absolute atomic E-state index is 0.143. The van der Waals surface area contributed by atoms with E-state index in [-0.39, 0.29) is 29.5 Å². The summed E-state index contributed by atoms with van der Waals surface area (Å²) in [6, 6.07) is 24.2. The first-order chi connectivity index (χ1) is 19.8. The molecule has 1 heterocycles. The number of unbranched alkanes of at least 4 members (excludes halogenated alkanes) is 1. The van der Waals surface area contributed by atoms with Crippen molar-refractivity contribution in [3.8, 4) is 5.75 Å². The molecule has 41 heavy (non-hydrogen) atoms. The number of aliphatic hydroxyl groups excluding tert-OH is 2. The lowest BCUT2D eigenvalue weighted by molar-refractivity contribution is -0.129. The molecule has 218 valence electrons. The van der Waals surface area contributed by atoms with Gasteiger partial charge in [0.05, 0.1) is 30.0 Å². The minimum atomic E-state index is -3.77. The molecule has 0 saturated carbocycles. The summed E-state index contributed by atoms with van der Waals surface area (Å²) in [6.45, 7) is 1.90. The molecule has 0 radical (unpaired) electrons. The molecule has 3 aromatic rings. The predicted molar refractivity (Wildman–Crippen MR) is 156 cm³/mol. The van der Waals surface area contributed by atoms with Gasteiger partial charge in [-0.1, -0.05) is 61.9 Å². The zero-order valence-electron chi connectivity index (χ0n) is 23.0. The van der Waals surface area contributed by atoms with Crippen molar-refractivity contribution in [2.45, 2.75) is 48.8 Å². The van der Waals surface area contributed by atoms with Crippen molar-refractivity contribution in [2.24, 2.45) is 4.99 Å². The van der Waals surface area contributed by atoms with Crippen LogP contribution in [0.15, 0.2) is 94.8 Å². The number of rotatable bonds is 14. The average Bonchev–Trinajstić information content (AvgIpc) is 3.41. The molecule has 0 aromatic heterocycles. The van der Waals surface area contributed by atoms with Gasteiger partial charge in [0, 0.05) is 18.5 Å². The second-order valence-electron chi connectivity index (χ2n) is 9.90. The van der Waals surface area contributed by atoms with Gasteiger partial charge in [-0.25, -0.2) is 13.4 Å². The van der Waals surface area contributed by atoms with Gasteiger partial charge in [-0.05, 0) is 48.4 Å². The molecule has 3 N–H and O–H groups in total. The van der Waals surface area contributed by atoms with Crippen LogP contribution in [0.3, 0.4) is 0 Å². The van der Waals surface area contributed by atoms with Gasteiger partial charge in [-0.3, -0.25) is 4.79 Å². The maximum absolute atomic E-state index is 13.9. The smallest absolute Gasteiger partial charge is 0.252 e. The Kier molecular flexibility index (Phi) is 10.1. The highest BCUT2D eigenvalue weighted by atomic mass is 32.2. The van der Waals surface area contributed by atoms with E-state index in [0.29, 0.717) is 23.5 Å². The number of hydrogen-bond acceptors (Lipinski definition) is 8. The summed E-state index contributed by atoms with van der Waals surface area (Å²) in [6.07, 6.45) is -0.373. The van der Waals surface area contributed by atoms with E-state index >= 15 is 0 Å². The quantitative estimate of drug-likeness (QED) is 0.249. The first-order valence-electron chi connectivity index (χ1n) is 13.7. The minimum Gasteiger partial charge on any atom is -0.494 e. The van der Waals surface area contributed by atoms with E-state index in [1.54, 1.807) is 66.7 Å². The van der Waals surface area contributed by atoms with Crippen molar-refractivity contribution >= 4 is 21.6 Å². The molecular weight excluding hydrogens is 544 g/mol. The molecule has 3 atom stereocenters. The lowest BCUT2D eigenvalue weighted by atomic mass is 9.85. The Morgan fingerprint density at radius 2 is 1.71 bits per heavy atom. The van der Waals surface area contributed by atoms with Gasteiger partial charge in [0.25, 0.3) is 5.91 Å². The second kappa shape index (κ2) is 13.8. The molecule has 10 heteroatoms.